The second-order valence-corrected chi connectivity index (χ2v) is 11.8. The number of ketones is 1. The smallest absolute Gasteiger partial charge is 0.333 e. The number of fused-ring (bicyclic) bond motifs is 1. The highest BCUT2D eigenvalue weighted by atomic mass is 32.1. The SMILES string of the molecule is COc1ccccc1[C@H](Cn1c(=O)n(C(C)(C)C(=O)CC(C)C)c(=O)c2c(C)c(-n3cccn3)sc21)OCCC#N. The van der Waals surface area contributed by atoms with Crippen molar-refractivity contribution in [1.29, 1.82) is 5.26 Å². The van der Waals surface area contributed by atoms with Crippen molar-refractivity contribution in [3.63, 3.8) is 0 Å². The van der Waals surface area contributed by atoms with Crippen LogP contribution in [0.25, 0.3) is 15.2 Å². The molecule has 3 aromatic heterocycles. The number of ether oxygens (including phenoxy) is 2. The maximum absolute atomic E-state index is 14.3. The minimum absolute atomic E-state index is 0.0222. The quantitative estimate of drug-likeness (QED) is 0.223. The van der Waals surface area contributed by atoms with Gasteiger partial charge in [-0.25, -0.2) is 14.0 Å². The van der Waals surface area contributed by atoms with E-state index >= 15 is 0 Å². The van der Waals surface area contributed by atoms with Gasteiger partial charge in [-0.1, -0.05) is 43.4 Å². The van der Waals surface area contributed by atoms with E-state index in [1.165, 1.54) is 15.9 Å². The van der Waals surface area contributed by atoms with Gasteiger partial charge in [-0.05, 0) is 38.8 Å². The van der Waals surface area contributed by atoms with Crippen molar-refractivity contribution in [3.8, 4) is 16.8 Å². The number of aromatic nitrogens is 4. The van der Waals surface area contributed by atoms with Gasteiger partial charge in [-0.2, -0.15) is 10.4 Å². The molecule has 1 atom stereocenters. The first-order chi connectivity index (χ1) is 19.5. The number of nitrogens with zero attached hydrogens (tertiary/aromatic N) is 5. The summed E-state index contributed by atoms with van der Waals surface area (Å²) in [7, 11) is 1.55. The zero-order chi connectivity index (χ0) is 29.9. The summed E-state index contributed by atoms with van der Waals surface area (Å²) in [6, 6.07) is 11.2. The van der Waals surface area contributed by atoms with Crippen molar-refractivity contribution in [3.05, 3.63) is 74.7 Å². The van der Waals surface area contributed by atoms with Gasteiger partial charge >= 0.3 is 5.69 Å². The van der Waals surface area contributed by atoms with Gasteiger partial charge in [0.15, 0.2) is 5.78 Å². The summed E-state index contributed by atoms with van der Waals surface area (Å²) < 4.78 is 16.0. The summed E-state index contributed by atoms with van der Waals surface area (Å²) in [5.41, 5.74) is -1.17. The Morgan fingerprint density at radius 1 is 1.20 bits per heavy atom. The van der Waals surface area contributed by atoms with Crippen LogP contribution >= 0.6 is 11.3 Å². The third-order valence-corrected chi connectivity index (χ3v) is 8.41. The average molecular weight is 578 g/mol. The zero-order valence-corrected chi connectivity index (χ0v) is 25.0. The van der Waals surface area contributed by atoms with E-state index in [0.717, 1.165) is 4.57 Å². The van der Waals surface area contributed by atoms with Crippen LogP contribution < -0.4 is 16.0 Å². The van der Waals surface area contributed by atoms with Crippen LogP contribution in [0, 0.1) is 24.2 Å². The molecule has 0 aliphatic heterocycles. The average Bonchev–Trinajstić information content (AvgIpc) is 3.58. The van der Waals surface area contributed by atoms with Crippen LogP contribution in [0.5, 0.6) is 5.75 Å². The Labute approximate surface area is 242 Å². The summed E-state index contributed by atoms with van der Waals surface area (Å²) in [6.07, 6.45) is 3.12. The zero-order valence-electron chi connectivity index (χ0n) is 24.2. The van der Waals surface area contributed by atoms with E-state index in [2.05, 4.69) is 11.2 Å². The first kappa shape index (κ1) is 30.0. The summed E-state index contributed by atoms with van der Waals surface area (Å²) >= 11 is 1.28. The Kier molecular flexibility index (Phi) is 8.95. The number of hydrogen-bond donors (Lipinski definition) is 0. The predicted molar refractivity (Wildman–Crippen MR) is 158 cm³/mol. The lowest BCUT2D eigenvalue weighted by Gasteiger charge is -2.28. The van der Waals surface area contributed by atoms with Gasteiger partial charge in [0.2, 0.25) is 0 Å². The number of para-hydroxylation sites is 1. The molecular weight excluding hydrogens is 542 g/mol. The summed E-state index contributed by atoms with van der Waals surface area (Å²) in [4.78, 5) is 42.3. The Morgan fingerprint density at radius 2 is 1.93 bits per heavy atom. The number of methoxy groups -OCH3 is 1. The molecule has 0 fully saturated rings. The highest BCUT2D eigenvalue weighted by molar-refractivity contribution is 7.21. The molecule has 0 saturated heterocycles. The fourth-order valence-corrected chi connectivity index (χ4v) is 6.17. The molecule has 0 N–H and O–H groups in total. The van der Waals surface area contributed by atoms with Crippen LogP contribution in [-0.2, 0) is 21.6 Å². The molecule has 0 unspecified atom stereocenters. The second-order valence-electron chi connectivity index (χ2n) is 10.8. The lowest BCUT2D eigenvalue weighted by molar-refractivity contribution is -0.127. The third kappa shape index (κ3) is 5.76. The van der Waals surface area contributed by atoms with Crippen molar-refractivity contribution in [2.45, 2.75) is 65.6 Å². The molecule has 3 heterocycles. The third-order valence-electron chi connectivity index (χ3n) is 7.10. The fourth-order valence-electron chi connectivity index (χ4n) is 4.93. The molecule has 0 saturated carbocycles. The minimum atomic E-state index is -1.39. The number of carbonyl (C=O) groups is 1. The second kappa shape index (κ2) is 12.2. The Morgan fingerprint density at radius 3 is 2.56 bits per heavy atom. The molecule has 0 spiro atoms. The molecule has 4 aromatic rings. The number of thiophene rings is 1. The maximum Gasteiger partial charge on any atom is 0.333 e. The first-order valence-corrected chi connectivity index (χ1v) is 14.3. The normalized spacial score (nSPS) is 12.5. The van der Waals surface area contributed by atoms with Crippen molar-refractivity contribution in [2.75, 3.05) is 13.7 Å². The number of benzene rings is 1. The standard InChI is InChI=1S/C30H35N5O5S/c1-19(2)17-24(36)30(4,5)35-26(37)25-20(3)27(34-15-10-14-32-34)41-28(25)33(29(35)38)18-23(40-16-9-13-31)21-11-7-8-12-22(21)39-6/h7-8,10-12,14-15,19,23H,9,16-18H2,1-6H3/t23-/m0/s1. The summed E-state index contributed by atoms with van der Waals surface area (Å²) in [5, 5.41) is 14.5. The number of Topliss-reactive ketones (excluding diaryl/α,β-unsaturated/α-hetero) is 1. The molecular formula is C30H35N5O5S. The highest BCUT2D eigenvalue weighted by Gasteiger charge is 2.36. The fraction of sp³-hybridized carbons (Fsp3) is 0.433. The minimum Gasteiger partial charge on any atom is -0.496 e. The van der Waals surface area contributed by atoms with Gasteiger partial charge in [-0.3, -0.25) is 14.2 Å². The van der Waals surface area contributed by atoms with E-state index in [0.29, 0.717) is 32.1 Å². The Balaban J connectivity index is 2.01. The molecule has 216 valence electrons. The molecule has 0 radical (unpaired) electrons. The molecule has 10 nitrogen and oxygen atoms in total. The molecule has 1 aromatic carbocycles. The van der Waals surface area contributed by atoms with Crippen molar-refractivity contribution in [1.82, 2.24) is 18.9 Å². The van der Waals surface area contributed by atoms with Gasteiger partial charge < -0.3 is 9.47 Å². The number of hydrogen-bond acceptors (Lipinski definition) is 8. The van der Waals surface area contributed by atoms with E-state index in [4.69, 9.17) is 14.7 Å². The number of rotatable bonds is 12. The van der Waals surface area contributed by atoms with Crippen LogP contribution in [0.15, 0.2) is 52.3 Å². The van der Waals surface area contributed by atoms with E-state index in [9.17, 15) is 14.4 Å². The van der Waals surface area contributed by atoms with Crippen molar-refractivity contribution < 1.29 is 14.3 Å². The van der Waals surface area contributed by atoms with Crippen molar-refractivity contribution >= 4 is 27.3 Å². The molecule has 0 aliphatic carbocycles. The molecule has 4 rings (SSSR count). The molecule has 0 amide bonds. The molecule has 11 heteroatoms. The first-order valence-electron chi connectivity index (χ1n) is 13.5. The van der Waals surface area contributed by atoms with Crippen molar-refractivity contribution in [2.24, 2.45) is 5.92 Å². The van der Waals surface area contributed by atoms with Gasteiger partial charge in [-0.15, -0.1) is 0 Å². The van der Waals surface area contributed by atoms with Crippen LogP contribution in [-0.4, -0.2) is 38.4 Å². The van der Waals surface area contributed by atoms with Gasteiger partial charge in [0.05, 0.1) is 38.1 Å². The molecule has 0 aliphatic rings. The van der Waals surface area contributed by atoms with E-state index in [-0.39, 0.29) is 37.7 Å². The highest BCUT2D eigenvalue weighted by Crippen LogP contribution is 2.34. The molecule has 41 heavy (non-hydrogen) atoms. The summed E-state index contributed by atoms with van der Waals surface area (Å²) in [6.45, 7) is 9.07. The topological polar surface area (TPSA) is 121 Å². The Bertz CT molecular complexity index is 1710. The monoisotopic (exact) mass is 577 g/mol. The summed E-state index contributed by atoms with van der Waals surface area (Å²) in [5.74, 6) is 0.421. The number of carbonyl (C=O) groups excluding carboxylic acids is 1. The van der Waals surface area contributed by atoms with Crippen LogP contribution in [0.1, 0.15) is 57.8 Å². The van der Waals surface area contributed by atoms with Crippen LogP contribution in [0.3, 0.4) is 0 Å². The van der Waals surface area contributed by atoms with Gasteiger partial charge in [0, 0.05) is 29.9 Å². The number of nitriles is 1. The van der Waals surface area contributed by atoms with Gasteiger partial charge in [0.1, 0.15) is 27.2 Å². The van der Waals surface area contributed by atoms with E-state index in [1.54, 1.807) is 50.2 Å². The lowest BCUT2D eigenvalue weighted by Crippen LogP contribution is -2.53. The maximum atomic E-state index is 14.3. The predicted octanol–water partition coefficient (Wildman–Crippen LogP) is 4.75. The van der Waals surface area contributed by atoms with Gasteiger partial charge in [0.25, 0.3) is 5.56 Å². The van der Waals surface area contributed by atoms with Crippen LogP contribution in [0.2, 0.25) is 0 Å². The van der Waals surface area contributed by atoms with E-state index in [1.807, 2.05) is 39.0 Å². The number of aryl methyl sites for hydroxylation is 1. The lowest BCUT2D eigenvalue weighted by atomic mass is 9.91. The molecule has 0 bridgehead atoms. The van der Waals surface area contributed by atoms with Crippen LogP contribution in [0.4, 0.5) is 0 Å². The largest absolute Gasteiger partial charge is 0.496 e. The van der Waals surface area contributed by atoms with E-state index < -0.39 is 22.9 Å². The Hall–Kier alpha value is -4.01.